The molecule has 0 unspecified atom stereocenters. The first-order valence-corrected chi connectivity index (χ1v) is 8.25. The summed E-state index contributed by atoms with van der Waals surface area (Å²) in [5, 5.41) is 10.5. The van der Waals surface area contributed by atoms with E-state index in [0.717, 1.165) is 37.3 Å². The molecule has 25 heavy (non-hydrogen) atoms. The van der Waals surface area contributed by atoms with Crippen LogP contribution in [0.4, 0.5) is 5.95 Å². The maximum absolute atomic E-state index is 12.0. The minimum Gasteiger partial charge on any atom is -0.367 e. The third kappa shape index (κ3) is 5.52. The minimum atomic E-state index is -0.224. The van der Waals surface area contributed by atoms with Crippen LogP contribution in [0.1, 0.15) is 30.1 Å². The topological polar surface area (TPSA) is 81.1 Å². The Hall–Kier alpha value is -1.96. The van der Waals surface area contributed by atoms with Crippen molar-refractivity contribution in [1.29, 1.82) is 0 Å². The number of ether oxygens (including phenoxy) is 1. The predicted molar refractivity (Wildman–Crippen MR) is 97.8 cm³/mol. The van der Waals surface area contributed by atoms with Crippen molar-refractivity contribution in [2.24, 2.45) is 7.05 Å². The molecule has 0 bridgehead atoms. The van der Waals surface area contributed by atoms with Crippen LogP contribution in [0.3, 0.4) is 0 Å². The summed E-state index contributed by atoms with van der Waals surface area (Å²) >= 11 is 0. The predicted octanol–water partition coefficient (Wildman–Crippen LogP) is 1.86. The number of carbonyl (C=O) groups is 1. The Labute approximate surface area is 153 Å². The Kier molecular flexibility index (Phi) is 7.36. The van der Waals surface area contributed by atoms with Gasteiger partial charge in [0, 0.05) is 13.0 Å². The molecule has 1 aromatic heterocycles. The number of rotatable bonds is 6. The molecule has 0 aliphatic carbocycles. The van der Waals surface area contributed by atoms with Crippen molar-refractivity contribution < 1.29 is 9.53 Å². The standard InChI is InChI=1S/C17H23N5O2.ClH/c1-22-17(20-16(21-22)14-7-9-18-10-8-14)19-15(23)12-24-11-13-5-3-2-4-6-13;/h2-6,14,18H,7-12H2,1H3,(H,19,20,21,23);1H. The van der Waals surface area contributed by atoms with Crippen molar-refractivity contribution in [3.8, 4) is 0 Å². The lowest BCUT2D eigenvalue weighted by atomic mass is 9.98. The van der Waals surface area contributed by atoms with E-state index in [1.54, 1.807) is 11.7 Å². The molecular formula is C17H24ClN5O2. The molecule has 0 atom stereocenters. The van der Waals surface area contributed by atoms with Gasteiger partial charge in [-0.05, 0) is 31.5 Å². The number of anilines is 1. The Morgan fingerprint density at radius 2 is 2.04 bits per heavy atom. The van der Waals surface area contributed by atoms with Crippen LogP contribution in [-0.2, 0) is 23.2 Å². The van der Waals surface area contributed by atoms with Gasteiger partial charge < -0.3 is 10.1 Å². The van der Waals surface area contributed by atoms with Crippen molar-refractivity contribution in [3.63, 3.8) is 0 Å². The molecule has 0 saturated carbocycles. The van der Waals surface area contributed by atoms with Gasteiger partial charge in [-0.15, -0.1) is 12.4 Å². The smallest absolute Gasteiger partial charge is 0.252 e. The highest BCUT2D eigenvalue weighted by molar-refractivity contribution is 5.90. The number of halogens is 1. The first kappa shape index (κ1) is 19.4. The fourth-order valence-corrected chi connectivity index (χ4v) is 2.76. The summed E-state index contributed by atoms with van der Waals surface area (Å²) in [5.74, 6) is 1.41. The Morgan fingerprint density at radius 3 is 2.76 bits per heavy atom. The highest BCUT2D eigenvalue weighted by atomic mass is 35.5. The van der Waals surface area contributed by atoms with Crippen molar-refractivity contribution in [1.82, 2.24) is 20.1 Å². The van der Waals surface area contributed by atoms with Gasteiger partial charge in [0.25, 0.3) is 5.91 Å². The zero-order chi connectivity index (χ0) is 16.8. The fourth-order valence-electron chi connectivity index (χ4n) is 2.76. The first-order valence-electron chi connectivity index (χ1n) is 8.25. The Balaban J connectivity index is 0.00000225. The zero-order valence-electron chi connectivity index (χ0n) is 14.3. The second kappa shape index (κ2) is 9.50. The van der Waals surface area contributed by atoms with E-state index >= 15 is 0 Å². The third-order valence-corrected chi connectivity index (χ3v) is 4.08. The maximum atomic E-state index is 12.0. The SMILES string of the molecule is Cl.Cn1nc(C2CCNCC2)nc1NC(=O)COCc1ccccc1. The molecule has 2 N–H and O–H groups in total. The monoisotopic (exact) mass is 365 g/mol. The molecule has 1 amide bonds. The van der Waals surface area contributed by atoms with Crippen LogP contribution in [0.15, 0.2) is 30.3 Å². The zero-order valence-corrected chi connectivity index (χ0v) is 15.1. The molecule has 1 saturated heterocycles. The second-order valence-corrected chi connectivity index (χ2v) is 5.97. The lowest BCUT2D eigenvalue weighted by Gasteiger charge is -2.19. The van der Waals surface area contributed by atoms with E-state index in [0.29, 0.717) is 18.5 Å². The fraction of sp³-hybridized carbons (Fsp3) is 0.471. The third-order valence-electron chi connectivity index (χ3n) is 4.08. The lowest BCUT2D eigenvalue weighted by Crippen LogP contribution is -2.27. The van der Waals surface area contributed by atoms with E-state index in [2.05, 4.69) is 20.7 Å². The molecule has 1 aromatic carbocycles. The Morgan fingerprint density at radius 1 is 1.32 bits per heavy atom. The number of benzene rings is 1. The molecule has 7 nitrogen and oxygen atoms in total. The van der Waals surface area contributed by atoms with Gasteiger partial charge in [-0.1, -0.05) is 30.3 Å². The molecule has 2 aromatic rings. The van der Waals surface area contributed by atoms with Crippen molar-refractivity contribution in [2.45, 2.75) is 25.4 Å². The summed E-state index contributed by atoms with van der Waals surface area (Å²) in [6.45, 7) is 2.37. The molecule has 2 heterocycles. The molecule has 8 heteroatoms. The number of nitrogens with one attached hydrogen (secondary N) is 2. The minimum absolute atomic E-state index is 0. The van der Waals surface area contributed by atoms with Crippen LogP contribution in [0, 0.1) is 0 Å². The number of piperidine rings is 1. The second-order valence-electron chi connectivity index (χ2n) is 5.97. The van der Waals surface area contributed by atoms with Gasteiger partial charge >= 0.3 is 0 Å². The van der Waals surface area contributed by atoms with Crippen LogP contribution in [0.25, 0.3) is 0 Å². The lowest BCUT2D eigenvalue weighted by molar-refractivity contribution is -0.121. The van der Waals surface area contributed by atoms with Gasteiger partial charge in [-0.2, -0.15) is 10.1 Å². The number of aryl methyl sites for hydroxylation is 1. The van der Waals surface area contributed by atoms with Crippen LogP contribution >= 0.6 is 12.4 Å². The van der Waals surface area contributed by atoms with Gasteiger partial charge in [0.1, 0.15) is 6.61 Å². The van der Waals surface area contributed by atoms with Crippen LogP contribution < -0.4 is 10.6 Å². The van der Waals surface area contributed by atoms with Gasteiger partial charge in [0.05, 0.1) is 6.61 Å². The molecule has 0 spiro atoms. The molecule has 3 rings (SSSR count). The van der Waals surface area contributed by atoms with Crippen molar-refractivity contribution >= 4 is 24.3 Å². The first-order chi connectivity index (χ1) is 11.7. The van der Waals surface area contributed by atoms with Gasteiger partial charge in [-0.3, -0.25) is 10.1 Å². The van der Waals surface area contributed by atoms with Crippen molar-refractivity contribution in [2.75, 3.05) is 25.0 Å². The largest absolute Gasteiger partial charge is 0.367 e. The van der Waals surface area contributed by atoms with E-state index in [4.69, 9.17) is 4.74 Å². The summed E-state index contributed by atoms with van der Waals surface area (Å²) in [5.41, 5.74) is 1.04. The summed E-state index contributed by atoms with van der Waals surface area (Å²) in [6, 6.07) is 9.77. The summed E-state index contributed by atoms with van der Waals surface area (Å²) in [4.78, 5) is 16.5. The highest BCUT2D eigenvalue weighted by Gasteiger charge is 2.21. The maximum Gasteiger partial charge on any atom is 0.252 e. The number of amides is 1. The number of nitrogens with zero attached hydrogens (tertiary/aromatic N) is 3. The summed E-state index contributed by atoms with van der Waals surface area (Å²) < 4.78 is 7.06. The molecule has 136 valence electrons. The summed E-state index contributed by atoms with van der Waals surface area (Å²) in [6.07, 6.45) is 2.05. The number of hydrogen-bond acceptors (Lipinski definition) is 5. The van der Waals surface area contributed by atoms with E-state index < -0.39 is 0 Å². The Bertz CT molecular complexity index is 671. The van der Waals surface area contributed by atoms with Gasteiger partial charge in [0.2, 0.25) is 5.95 Å². The molecule has 1 aliphatic heterocycles. The van der Waals surface area contributed by atoms with E-state index in [-0.39, 0.29) is 24.9 Å². The van der Waals surface area contributed by atoms with Crippen LogP contribution in [0.5, 0.6) is 0 Å². The van der Waals surface area contributed by atoms with Gasteiger partial charge in [0.15, 0.2) is 5.82 Å². The molecule has 0 radical (unpaired) electrons. The normalized spacial score (nSPS) is 14.8. The number of hydrogen-bond donors (Lipinski definition) is 2. The highest BCUT2D eigenvalue weighted by Crippen LogP contribution is 2.23. The van der Waals surface area contributed by atoms with E-state index in [1.807, 2.05) is 30.3 Å². The van der Waals surface area contributed by atoms with E-state index in [9.17, 15) is 4.79 Å². The molecule has 1 aliphatic rings. The van der Waals surface area contributed by atoms with Gasteiger partial charge in [-0.25, -0.2) is 4.68 Å². The number of aromatic nitrogens is 3. The van der Waals surface area contributed by atoms with E-state index in [1.165, 1.54) is 0 Å². The molecule has 1 fully saturated rings. The summed E-state index contributed by atoms with van der Waals surface area (Å²) in [7, 11) is 1.79. The van der Waals surface area contributed by atoms with Crippen LogP contribution in [-0.4, -0.2) is 40.4 Å². The quantitative estimate of drug-likeness (QED) is 0.816. The average Bonchev–Trinajstić information content (AvgIpc) is 2.97. The average molecular weight is 366 g/mol. The van der Waals surface area contributed by atoms with Crippen LogP contribution in [0.2, 0.25) is 0 Å². The van der Waals surface area contributed by atoms with Crippen molar-refractivity contribution in [3.05, 3.63) is 41.7 Å². The molecular weight excluding hydrogens is 342 g/mol. The number of carbonyl (C=O) groups excluding carboxylic acids is 1.